The van der Waals surface area contributed by atoms with Crippen LogP contribution >= 0.6 is 0 Å². The molecule has 0 N–H and O–H groups in total. The molecule has 0 radical (unpaired) electrons. The van der Waals surface area contributed by atoms with E-state index in [2.05, 4.69) is 6.92 Å². The molecule has 4 aromatic carbocycles. The molecule has 0 aliphatic heterocycles. The number of rotatable bonds is 10. The van der Waals surface area contributed by atoms with Gasteiger partial charge in [-0.2, -0.15) is 8.78 Å². The first-order chi connectivity index (χ1) is 21.5. The van der Waals surface area contributed by atoms with E-state index in [0.29, 0.717) is 29.7 Å². The molecule has 1 aliphatic rings. The molecule has 1 fully saturated rings. The molecular formula is C36H32F8O. The van der Waals surface area contributed by atoms with E-state index in [-0.39, 0.29) is 28.2 Å². The van der Waals surface area contributed by atoms with Gasteiger partial charge in [0.1, 0.15) is 23.2 Å². The Bertz CT molecular complexity index is 1640. The van der Waals surface area contributed by atoms with E-state index in [1.807, 2.05) is 0 Å². The van der Waals surface area contributed by atoms with Crippen LogP contribution in [0.3, 0.4) is 0 Å². The highest BCUT2D eigenvalue weighted by Crippen LogP contribution is 2.41. The van der Waals surface area contributed by atoms with Gasteiger partial charge >= 0.3 is 6.11 Å². The van der Waals surface area contributed by atoms with Gasteiger partial charge in [-0.25, -0.2) is 26.3 Å². The molecule has 1 saturated carbocycles. The Labute approximate surface area is 256 Å². The van der Waals surface area contributed by atoms with Crippen LogP contribution in [0.25, 0.3) is 22.3 Å². The summed E-state index contributed by atoms with van der Waals surface area (Å²) in [5, 5.41) is 0. The second-order valence-electron chi connectivity index (χ2n) is 11.7. The number of ether oxygens (including phenoxy) is 1. The van der Waals surface area contributed by atoms with Gasteiger partial charge in [-0.3, -0.25) is 0 Å². The van der Waals surface area contributed by atoms with E-state index in [9.17, 15) is 22.0 Å². The molecule has 238 valence electrons. The van der Waals surface area contributed by atoms with Gasteiger partial charge in [-0.1, -0.05) is 50.8 Å². The molecule has 4 aromatic rings. The quantitative estimate of drug-likeness (QED) is 0.0960. The number of unbranched alkanes of at least 4 members (excludes halogenated alkanes) is 2. The van der Waals surface area contributed by atoms with E-state index in [0.717, 1.165) is 62.1 Å². The standard InChI is InChI=1S/C36H32F8O/c1-2-3-4-5-21-6-8-22(9-7-21)23-11-15-29(32(39)16-23)36(43,44)45-26-12-14-27(31(38)20-26)24-10-13-28(30(37)17-24)25-18-33(40)35(42)34(41)19-25/h10-22H,2-9H2,1H3. The molecule has 0 atom stereocenters. The third-order valence-corrected chi connectivity index (χ3v) is 8.60. The summed E-state index contributed by atoms with van der Waals surface area (Å²) in [5.74, 6) is -7.66. The third kappa shape index (κ3) is 7.34. The van der Waals surface area contributed by atoms with E-state index in [1.54, 1.807) is 0 Å². The molecule has 0 heterocycles. The molecule has 0 unspecified atom stereocenters. The van der Waals surface area contributed by atoms with Crippen molar-refractivity contribution in [3.05, 3.63) is 113 Å². The Hall–Kier alpha value is -3.88. The zero-order valence-corrected chi connectivity index (χ0v) is 24.6. The van der Waals surface area contributed by atoms with Gasteiger partial charge in [0.25, 0.3) is 0 Å². The lowest BCUT2D eigenvalue weighted by atomic mass is 9.77. The van der Waals surface area contributed by atoms with Gasteiger partial charge in [-0.05, 0) is 96.7 Å². The normalized spacial score (nSPS) is 17.0. The molecule has 1 nitrogen and oxygen atoms in total. The summed E-state index contributed by atoms with van der Waals surface area (Å²) in [7, 11) is 0. The summed E-state index contributed by atoms with van der Waals surface area (Å²) in [5.41, 5.74) is -1.03. The first kappa shape index (κ1) is 32.5. The molecule has 0 saturated heterocycles. The Morgan fingerprint density at radius 3 is 1.89 bits per heavy atom. The van der Waals surface area contributed by atoms with Gasteiger partial charge < -0.3 is 4.74 Å². The fourth-order valence-corrected chi connectivity index (χ4v) is 6.11. The third-order valence-electron chi connectivity index (χ3n) is 8.60. The van der Waals surface area contributed by atoms with Crippen LogP contribution in [0.2, 0.25) is 0 Å². The minimum atomic E-state index is -4.11. The van der Waals surface area contributed by atoms with Gasteiger partial charge in [0.15, 0.2) is 17.5 Å². The maximum atomic E-state index is 15.1. The summed E-state index contributed by atoms with van der Waals surface area (Å²) in [6.07, 6.45) is 4.48. The number of hydrogen-bond donors (Lipinski definition) is 0. The molecule has 5 rings (SSSR count). The van der Waals surface area contributed by atoms with Crippen LogP contribution in [-0.2, 0) is 6.11 Å². The van der Waals surface area contributed by atoms with Crippen molar-refractivity contribution in [1.82, 2.24) is 0 Å². The van der Waals surface area contributed by atoms with Crippen LogP contribution in [-0.4, -0.2) is 0 Å². The fraction of sp³-hybridized carbons (Fsp3) is 0.333. The van der Waals surface area contributed by atoms with E-state index in [1.165, 1.54) is 37.8 Å². The summed E-state index contributed by atoms with van der Waals surface area (Å²) in [6.45, 7) is 2.17. The van der Waals surface area contributed by atoms with Gasteiger partial charge in [0.2, 0.25) is 0 Å². The van der Waals surface area contributed by atoms with Gasteiger partial charge in [0, 0.05) is 17.2 Å². The van der Waals surface area contributed by atoms with Crippen LogP contribution in [0, 0.1) is 40.8 Å². The van der Waals surface area contributed by atoms with E-state index < -0.39 is 52.3 Å². The van der Waals surface area contributed by atoms with Crippen LogP contribution < -0.4 is 4.74 Å². The lowest BCUT2D eigenvalue weighted by molar-refractivity contribution is -0.187. The highest BCUT2D eigenvalue weighted by Gasteiger charge is 2.38. The van der Waals surface area contributed by atoms with Gasteiger partial charge in [0.05, 0.1) is 5.56 Å². The second kappa shape index (κ2) is 13.6. The van der Waals surface area contributed by atoms with Crippen molar-refractivity contribution in [3.8, 4) is 28.0 Å². The second-order valence-corrected chi connectivity index (χ2v) is 11.7. The Morgan fingerprint density at radius 2 is 1.27 bits per heavy atom. The van der Waals surface area contributed by atoms with Crippen LogP contribution in [0.1, 0.15) is 75.3 Å². The minimum absolute atomic E-state index is 0.00765. The molecular weight excluding hydrogens is 600 g/mol. The van der Waals surface area contributed by atoms with Crippen molar-refractivity contribution in [2.24, 2.45) is 5.92 Å². The molecule has 0 aromatic heterocycles. The summed E-state index contributed by atoms with van der Waals surface area (Å²) in [6, 6.07) is 10.9. The maximum Gasteiger partial charge on any atom is 0.429 e. The van der Waals surface area contributed by atoms with Crippen molar-refractivity contribution in [2.45, 2.75) is 70.3 Å². The number of hydrogen-bond acceptors (Lipinski definition) is 1. The van der Waals surface area contributed by atoms with Crippen molar-refractivity contribution >= 4 is 0 Å². The summed E-state index contributed by atoms with van der Waals surface area (Å²) in [4.78, 5) is 0. The fourth-order valence-electron chi connectivity index (χ4n) is 6.11. The van der Waals surface area contributed by atoms with Crippen molar-refractivity contribution in [2.75, 3.05) is 0 Å². The van der Waals surface area contributed by atoms with Crippen molar-refractivity contribution in [1.29, 1.82) is 0 Å². The predicted octanol–water partition coefficient (Wildman–Crippen LogP) is 11.8. The lowest BCUT2D eigenvalue weighted by Gasteiger charge is -2.29. The van der Waals surface area contributed by atoms with Gasteiger partial charge in [-0.15, -0.1) is 0 Å². The summed E-state index contributed by atoms with van der Waals surface area (Å²) >= 11 is 0. The monoisotopic (exact) mass is 632 g/mol. The average molecular weight is 633 g/mol. The first-order valence-corrected chi connectivity index (χ1v) is 15.1. The highest BCUT2D eigenvalue weighted by molar-refractivity contribution is 5.72. The van der Waals surface area contributed by atoms with Crippen LogP contribution in [0.5, 0.6) is 5.75 Å². The smallest absolute Gasteiger partial charge is 0.429 e. The van der Waals surface area contributed by atoms with Crippen molar-refractivity contribution in [3.63, 3.8) is 0 Å². The molecule has 9 heteroatoms. The Morgan fingerprint density at radius 1 is 0.644 bits per heavy atom. The summed E-state index contributed by atoms with van der Waals surface area (Å²) < 4.78 is 120. The van der Waals surface area contributed by atoms with Crippen molar-refractivity contribution < 1.29 is 39.9 Å². The van der Waals surface area contributed by atoms with E-state index in [4.69, 9.17) is 4.74 Å². The number of halogens is 8. The predicted molar refractivity (Wildman–Crippen MR) is 157 cm³/mol. The zero-order valence-electron chi connectivity index (χ0n) is 24.6. The molecule has 0 bridgehead atoms. The molecule has 1 aliphatic carbocycles. The van der Waals surface area contributed by atoms with E-state index >= 15 is 13.2 Å². The minimum Gasteiger partial charge on any atom is -0.429 e. The highest BCUT2D eigenvalue weighted by atomic mass is 19.3. The topological polar surface area (TPSA) is 9.23 Å². The number of benzene rings is 4. The lowest BCUT2D eigenvalue weighted by Crippen LogP contribution is -2.24. The molecule has 0 amide bonds. The zero-order chi connectivity index (χ0) is 32.3. The SMILES string of the molecule is CCCCCC1CCC(c2ccc(C(F)(F)Oc3ccc(-c4ccc(-c5cc(F)c(F)c(F)c5)c(F)c4)c(F)c3)c(F)c2)CC1. The van der Waals surface area contributed by atoms with Crippen LogP contribution in [0.15, 0.2) is 66.7 Å². The molecule has 0 spiro atoms. The first-order valence-electron chi connectivity index (χ1n) is 15.1. The average Bonchev–Trinajstić information content (AvgIpc) is 3.00. The van der Waals surface area contributed by atoms with Crippen LogP contribution in [0.4, 0.5) is 35.1 Å². The maximum absolute atomic E-state index is 15.1. The molecule has 45 heavy (non-hydrogen) atoms. The Balaban J connectivity index is 1.27. The largest absolute Gasteiger partial charge is 0.429 e. The Kier molecular flexibility index (Phi) is 9.85. The number of alkyl halides is 2.